The molecule has 24 heavy (non-hydrogen) atoms. The Hall–Kier alpha value is -2.54. The number of methoxy groups -OCH3 is 1. The summed E-state index contributed by atoms with van der Waals surface area (Å²) in [5.41, 5.74) is 0.922. The molecule has 1 aliphatic heterocycles. The van der Waals surface area contributed by atoms with Gasteiger partial charge in [-0.1, -0.05) is 12.1 Å². The lowest BCUT2D eigenvalue weighted by molar-refractivity contribution is 0.0527. The van der Waals surface area contributed by atoms with E-state index in [9.17, 15) is 4.79 Å². The maximum atomic E-state index is 12.6. The van der Waals surface area contributed by atoms with Crippen LogP contribution in [0.5, 0.6) is 5.75 Å². The molecule has 1 saturated heterocycles. The summed E-state index contributed by atoms with van der Waals surface area (Å²) in [5.74, 6) is 1.51. The van der Waals surface area contributed by atoms with Gasteiger partial charge in [0.1, 0.15) is 17.6 Å². The first-order valence-electron chi connectivity index (χ1n) is 7.93. The summed E-state index contributed by atoms with van der Waals surface area (Å²) in [6.07, 6.45) is 3.59. The van der Waals surface area contributed by atoms with Crippen LogP contribution < -0.4 is 10.1 Å². The maximum absolute atomic E-state index is 12.6. The van der Waals surface area contributed by atoms with Crippen LogP contribution in [0.4, 0.5) is 4.79 Å². The van der Waals surface area contributed by atoms with E-state index in [1.54, 1.807) is 18.2 Å². The molecule has 1 aromatic heterocycles. The number of hydrogen-bond donors (Lipinski definition) is 1. The van der Waals surface area contributed by atoms with Crippen molar-refractivity contribution in [3.63, 3.8) is 0 Å². The zero-order valence-corrected chi connectivity index (χ0v) is 13.9. The third-order valence-corrected chi connectivity index (χ3v) is 4.11. The van der Waals surface area contributed by atoms with E-state index < -0.39 is 0 Å². The van der Waals surface area contributed by atoms with Crippen LogP contribution in [-0.2, 0) is 11.8 Å². The number of carbonyl (C=O) groups excluding carboxylic acids is 1. The van der Waals surface area contributed by atoms with Crippen molar-refractivity contribution < 1.29 is 14.3 Å². The molecular weight excluding hydrogens is 308 g/mol. The number of ether oxygens (including phenoxy) is 2. The highest BCUT2D eigenvalue weighted by molar-refractivity contribution is 5.75. The number of rotatable bonds is 4. The molecule has 1 aromatic carbocycles. The molecular formula is C17H22N4O3. The number of urea groups is 1. The molecule has 0 spiro atoms. The highest BCUT2D eigenvalue weighted by Gasteiger charge is 2.25. The van der Waals surface area contributed by atoms with Gasteiger partial charge in [0.05, 0.1) is 20.3 Å². The largest absolute Gasteiger partial charge is 0.497 e. The van der Waals surface area contributed by atoms with Crippen molar-refractivity contribution in [3.05, 3.63) is 48.0 Å². The number of morpholine rings is 1. The lowest BCUT2D eigenvalue weighted by Crippen LogP contribution is -2.47. The average molecular weight is 330 g/mol. The monoisotopic (exact) mass is 330 g/mol. The van der Waals surface area contributed by atoms with Crippen molar-refractivity contribution in [2.45, 2.75) is 6.04 Å². The summed E-state index contributed by atoms with van der Waals surface area (Å²) >= 11 is 0. The molecule has 7 nitrogen and oxygen atoms in total. The van der Waals surface area contributed by atoms with Gasteiger partial charge in [-0.15, -0.1) is 0 Å². The molecule has 3 rings (SSSR count). The lowest BCUT2D eigenvalue weighted by Gasteiger charge is -2.29. The molecule has 1 N–H and O–H groups in total. The average Bonchev–Trinajstić information content (AvgIpc) is 3.06. The zero-order chi connectivity index (χ0) is 16.9. The molecule has 1 fully saturated rings. The molecule has 0 saturated carbocycles. The van der Waals surface area contributed by atoms with Crippen molar-refractivity contribution in [1.82, 2.24) is 19.8 Å². The van der Waals surface area contributed by atoms with Crippen molar-refractivity contribution in [3.8, 4) is 5.75 Å². The van der Waals surface area contributed by atoms with Gasteiger partial charge in [-0.05, 0) is 17.7 Å². The number of amides is 2. The standard InChI is InChI=1S/C17H22N4O3/c1-20-7-6-18-16(20)15(13-4-3-5-14(12-13)23-2)19-17(22)21-8-10-24-11-9-21/h3-7,12,15H,8-11H2,1-2H3,(H,19,22)/t15-/m1/s1. The number of hydrogen-bond acceptors (Lipinski definition) is 4. The second-order valence-electron chi connectivity index (χ2n) is 5.65. The van der Waals surface area contributed by atoms with Gasteiger partial charge in [-0.3, -0.25) is 0 Å². The molecule has 1 atom stereocenters. The Labute approximate surface area is 141 Å². The second kappa shape index (κ2) is 7.35. The molecule has 0 radical (unpaired) electrons. The van der Waals surface area contributed by atoms with Crippen LogP contribution in [0.1, 0.15) is 17.4 Å². The maximum Gasteiger partial charge on any atom is 0.318 e. The summed E-state index contributed by atoms with van der Waals surface area (Å²) in [6, 6.07) is 7.19. The normalized spacial score (nSPS) is 15.8. The number of carbonyl (C=O) groups is 1. The molecule has 0 bridgehead atoms. The minimum atomic E-state index is -0.351. The minimum Gasteiger partial charge on any atom is -0.497 e. The van der Waals surface area contributed by atoms with Crippen molar-refractivity contribution >= 4 is 6.03 Å². The molecule has 7 heteroatoms. The van der Waals surface area contributed by atoms with Crippen LogP contribution in [0.3, 0.4) is 0 Å². The molecule has 2 aromatic rings. The molecule has 2 heterocycles. The van der Waals surface area contributed by atoms with Crippen LogP contribution >= 0.6 is 0 Å². The lowest BCUT2D eigenvalue weighted by atomic mass is 10.1. The first kappa shape index (κ1) is 16.3. The number of nitrogens with one attached hydrogen (secondary N) is 1. The van der Waals surface area contributed by atoms with E-state index in [1.807, 2.05) is 42.1 Å². The third-order valence-electron chi connectivity index (χ3n) is 4.11. The Kier molecular flexibility index (Phi) is 5.00. The molecule has 0 aliphatic carbocycles. The van der Waals surface area contributed by atoms with Gasteiger partial charge >= 0.3 is 6.03 Å². The number of nitrogens with zero attached hydrogens (tertiary/aromatic N) is 3. The fourth-order valence-electron chi connectivity index (χ4n) is 2.75. The Morgan fingerprint density at radius 2 is 2.17 bits per heavy atom. The smallest absolute Gasteiger partial charge is 0.318 e. The van der Waals surface area contributed by atoms with Crippen LogP contribution in [-0.4, -0.2) is 53.9 Å². The number of benzene rings is 1. The summed E-state index contributed by atoms with van der Waals surface area (Å²) in [4.78, 5) is 18.8. The van der Waals surface area contributed by atoms with Gasteiger partial charge in [-0.25, -0.2) is 9.78 Å². The van der Waals surface area contributed by atoms with E-state index in [1.165, 1.54) is 0 Å². The van der Waals surface area contributed by atoms with Crippen molar-refractivity contribution in [2.24, 2.45) is 7.05 Å². The van der Waals surface area contributed by atoms with Gasteiger partial charge in [0, 0.05) is 32.5 Å². The van der Waals surface area contributed by atoms with Gasteiger partial charge in [0.25, 0.3) is 0 Å². The van der Waals surface area contributed by atoms with Gasteiger partial charge < -0.3 is 24.3 Å². The van der Waals surface area contributed by atoms with E-state index in [2.05, 4.69) is 10.3 Å². The van der Waals surface area contributed by atoms with Crippen LogP contribution in [0.15, 0.2) is 36.7 Å². The number of imidazole rings is 1. The van der Waals surface area contributed by atoms with Gasteiger partial charge in [0.2, 0.25) is 0 Å². The predicted molar refractivity (Wildman–Crippen MR) is 89.0 cm³/mol. The topological polar surface area (TPSA) is 68.6 Å². The van der Waals surface area contributed by atoms with Gasteiger partial charge in [0.15, 0.2) is 0 Å². The third kappa shape index (κ3) is 3.51. The SMILES string of the molecule is COc1cccc([C@@H](NC(=O)N2CCOCC2)c2nccn2C)c1. The van der Waals surface area contributed by atoms with Crippen LogP contribution in [0.2, 0.25) is 0 Å². The van der Waals surface area contributed by atoms with Crippen LogP contribution in [0, 0.1) is 0 Å². The first-order chi connectivity index (χ1) is 11.7. The van der Waals surface area contributed by atoms with E-state index >= 15 is 0 Å². The Bertz CT molecular complexity index is 695. The quantitative estimate of drug-likeness (QED) is 0.924. The molecule has 128 valence electrons. The first-order valence-corrected chi connectivity index (χ1v) is 7.93. The highest BCUT2D eigenvalue weighted by Crippen LogP contribution is 2.24. The summed E-state index contributed by atoms with van der Waals surface area (Å²) in [7, 11) is 3.54. The summed E-state index contributed by atoms with van der Waals surface area (Å²) < 4.78 is 12.5. The fourth-order valence-corrected chi connectivity index (χ4v) is 2.75. The molecule has 1 aliphatic rings. The number of aromatic nitrogens is 2. The molecule has 0 unspecified atom stereocenters. The van der Waals surface area contributed by atoms with E-state index in [4.69, 9.17) is 9.47 Å². The highest BCUT2D eigenvalue weighted by atomic mass is 16.5. The van der Waals surface area contributed by atoms with Crippen molar-refractivity contribution in [1.29, 1.82) is 0 Å². The Balaban J connectivity index is 1.87. The predicted octanol–water partition coefficient (Wildman–Crippen LogP) is 1.56. The summed E-state index contributed by atoms with van der Waals surface area (Å²) in [6.45, 7) is 2.33. The Morgan fingerprint density at radius 1 is 1.38 bits per heavy atom. The number of aryl methyl sites for hydroxylation is 1. The zero-order valence-electron chi connectivity index (χ0n) is 13.9. The van der Waals surface area contributed by atoms with Gasteiger partial charge in [-0.2, -0.15) is 0 Å². The fraction of sp³-hybridized carbons (Fsp3) is 0.412. The van der Waals surface area contributed by atoms with E-state index in [0.29, 0.717) is 26.3 Å². The molecule has 2 amide bonds. The Morgan fingerprint density at radius 3 is 2.83 bits per heavy atom. The minimum absolute atomic E-state index is 0.117. The van der Waals surface area contributed by atoms with E-state index in [-0.39, 0.29) is 12.1 Å². The van der Waals surface area contributed by atoms with Crippen LogP contribution in [0.25, 0.3) is 0 Å². The second-order valence-corrected chi connectivity index (χ2v) is 5.65. The van der Waals surface area contributed by atoms with E-state index in [0.717, 1.165) is 17.1 Å². The van der Waals surface area contributed by atoms with Crippen molar-refractivity contribution in [2.75, 3.05) is 33.4 Å². The summed E-state index contributed by atoms with van der Waals surface area (Å²) in [5, 5.41) is 3.09.